The van der Waals surface area contributed by atoms with Crippen LogP contribution in [0.2, 0.25) is 0 Å². The first-order valence-corrected chi connectivity index (χ1v) is 3.31. The van der Waals surface area contributed by atoms with Crippen LogP contribution in [0.15, 0.2) is 5.70 Å². The van der Waals surface area contributed by atoms with Crippen LogP contribution in [0.5, 0.6) is 0 Å². The number of rotatable bonds is 1. The van der Waals surface area contributed by atoms with E-state index >= 15 is 0 Å². The van der Waals surface area contributed by atoms with Gasteiger partial charge in [0.15, 0.2) is 0 Å². The van der Waals surface area contributed by atoms with Crippen LogP contribution in [0, 0.1) is 0 Å². The van der Waals surface area contributed by atoms with Crippen molar-refractivity contribution in [3.63, 3.8) is 0 Å². The van der Waals surface area contributed by atoms with E-state index in [1.165, 1.54) is 0 Å². The molecule has 0 aromatic carbocycles. The zero-order valence-corrected chi connectivity index (χ0v) is 5.68. The van der Waals surface area contributed by atoms with Crippen molar-refractivity contribution in [1.29, 1.82) is 0 Å². The topological polar surface area (TPSA) is 67.2 Å². The van der Waals surface area contributed by atoms with Crippen molar-refractivity contribution in [2.24, 2.45) is 5.84 Å². The Morgan fingerprint density at radius 3 is 3.20 bits per heavy atom. The van der Waals surface area contributed by atoms with Gasteiger partial charge in [-0.2, -0.15) is 0 Å². The Kier molecular flexibility index (Phi) is 2.45. The molecule has 1 aliphatic heterocycles. The highest BCUT2D eigenvalue weighted by Gasteiger charge is 2.14. The van der Waals surface area contributed by atoms with E-state index in [0.29, 0.717) is 12.1 Å². The van der Waals surface area contributed by atoms with Gasteiger partial charge in [-0.3, -0.25) is 11.3 Å². The van der Waals surface area contributed by atoms with Gasteiger partial charge in [0.2, 0.25) is 0 Å². The van der Waals surface area contributed by atoms with Crippen molar-refractivity contribution in [2.45, 2.75) is 18.9 Å². The molecule has 0 bridgehead atoms. The Morgan fingerprint density at radius 2 is 2.60 bits per heavy atom. The van der Waals surface area contributed by atoms with Crippen molar-refractivity contribution >= 4 is 5.94 Å². The zero-order valence-electron chi connectivity index (χ0n) is 5.68. The Bertz CT molecular complexity index is 162. The van der Waals surface area contributed by atoms with E-state index in [1.54, 1.807) is 0 Å². The maximum Gasteiger partial charge on any atom is 0.145 e. The number of hydrogen-bond donors (Lipinski definition) is 3. The Morgan fingerprint density at radius 1 is 1.80 bits per heavy atom. The molecule has 0 amide bonds. The van der Waals surface area contributed by atoms with Crippen molar-refractivity contribution < 1.29 is 4.79 Å². The van der Waals surface area contributed by atoms with Crippen molar-refractivity contribution in [3.05, 3.63) is 5.70 Å². The molecule has 1 heterocycles. The lowest BCUT2D eigenvalue weighted by Crippen LogP contribution is -2.42. The lowest BCUT2D eigenvalue weighted by Gasteiger charge is -2.22. The van der Waals surface area contributed by atoms with E-state index in [1.807, 2.05) is 5.94 Å². The van der Waals surface area contributed by atoms with Crippen LogP contribution in [0.1, 0.15) is 12.8 Å². The van der Waals surface area contributed by atoms with E-state index in [9.17, 15) is 4.79 Å². The van der Waals surface area contributed by atoms with E-state index in [0.717, 1.165) is 13.0 Å². The van der Waals surface area contributed by atoms with Gasteiger partial charge in [0, 0.05) is 19.0 Å². The molecule has 1 atom stereocenters. The largest absolute Gasteiger partial charge is 0.379 e. The molecule has 0 aromatic rings. The molecule has 4 nitrogen and oxygen atoms in total. The number of piperidine rings is 1. The van der Waals surface area contributed by atoms with E-state index in [-0.39, 0.29) is 6.04 Å². The molecule has 0 spiro atoms. The maximum absolute atomic E-state index is 10.1. The average molecular weight is 141 g/mol. The monoisotopic (exact) mass is 141 g/mol. The summed E-state index contributed by atoms with van der Waals surface area (Å²) in [6.07, 6.45) is 1.63. The molecular formula is C6H11N3O. The van der Waals surface area contributed by atoms with Crippen molar-refractivity contribution in [2.75, 3.05) is 6.54 Å². The van der Waals surface area contributed by atoms with Gasteiger partial charge in [0.05, 0.1) is 5.70 Å². The average Bonchev–Trinajstić information content (AvgIpc) is 2.05. The Hall–Kier alpha value is -0.830. The predicted molar refractivity (Wildman–Crippen MR) is 37.6 cm³/mol. The van der Waals surface area contributed by atoms with Crippen molar-refractivity contribution in [1.82, 2.24) is 10.7 Å². The lowest BCUT2D eigenvalue weighted by atomic mass is 10.1. The fourth-order valence-electron chi connectivity index (χ4n) is 1.04. The molecule has 56 valence electrons. The van der Waals surface area contributed by atoms with Crippen LogP contribution in [-0.2, 0) is 4.79 Å². The molecule has 1 fully saturated rings. The van der Waals surface area contributed by atoms with Gasteiger partial charge in [-0.1, -0.05) is 0 Å². The van der Waals surface area contributed by atoms with Crippen LogP contribution in [0.3, 0.4) is 0 Å². The van der Waals surface area contributed by atoms with E-state index < -0.39 is 0 Å². The Labute approximate surface area is 59.4 Å². The molecule has 1 rings (SSSR count). The second-order valence-electron chi connectivity index (χ2n) is 2.36. The Balaban J connectivity index is 2.47. The predicted octanol–water partition coefficient (Wildman–Crippen LogP) is -1.08. The standard InChI is InChI=1S/C6H11N3O/c7-9-5-1-2-8-6(3-5)4-10/h5,8-9H,1-3,7H2. The van der Waals surface area contributed by atoms with Crippen LogP contribution < -0.4 is 16.6 Å². The van der Waals surface area contributed by atoms with Crippen LogP contribution in [-0.4, -0.2) is 18.5 Å². The van der Waals surface area contributed by atoms with Crippen LogP contribution in [0.4, 0.5) is 0 Å². The summed E-state index contributed by atoms with van der Waals surface area (Å²) in [4.78, 5) is 10.1. The zero-order chi connectivity index (χ0) is 7.40. The van der Waals surface area contributed by atoms with Gasteiger partial charge in [-0.05, 0) is 6.42 Å². The molecular weight excluding hydrogens is 130 g/mol. The highest BCUT2D eigenvalue weighted by molar-refractivity contribution is 5.51. The normalized spacial score (nSPS) is 25.3. The smallest absolute Gasteiger partial charge is 0.145 e. The minimum absolute atomic E-state index is 0.234. The third-order valence-corrected chi connectivity index (χ3v) is 1.64. The number of hydrogen-bond acceptors (Lipinski definition) is 4. The highest BCUT2D eigenvalue weighted by atomic mass is 16.1. The van der Waals surface area contributed by atoms with Gasteiger partial charge < -0.3 is 5.32 Å². The molecule has 0 saturated carbocycles. The molecule has 0 aliphatic carbocycles. The summed E-state index contributed by atoms with van der Waals surface area (Å²) in [7, 11) is 0. The van der Waals surface area contributed by atoms with Crippen molar-refractivity contribution in [3.8, 4) is 0 Å². The molecule has 10 heavy (non-hydrogen) atoms. The third kappa shape index (κ3) is 1.57. The number of hydrazine groups is 1. The quantitative estimate of drug-likeness (QED) is 0.247. The van der Waals surface area contributed by atoms with Crippen LogP contribution >= 0.6 is 0 Å². The second kappa shape index (κ2) is 3.37. The molecule has 4 heteroatoms. The summed E-state index contributed by atoms with van der Waals surface area (Å²) < 4.78 is 0. The summed E-state index contributed by atoms with van der Waals surface area (Å²) in [6.45, 7) is 0.805. The van der Waals surface area contributed by atoms with Crippen LogP contribution in [0.25, 0.3) is 0 Å². The number of nitrogens with two attached hydrogens (primary N) is 1. The number of carbonyl (C=O) groups excluding carboxylic acids is 1. The lowest BCUT2D eigenvalue weighted by molar-refractivity contribution is 0.433. The summed E-state index contributed by atoms with van der Waals surface area (Å²) in [6, 6.07) is 0.234. The molecule has 0 radical (unpaired) electrons. The molecule has 1 saturated heterocycles. The second-order valence-corrected chi connectivity index (χ2v) is 2.36. The van der Waals surface area contributed by atoms with Gasteiger partial charge in [-0.15, -0.1) is 0 Å². The van der Waals surface area contributed by atoms with Gasteiger partial charge in [0.25, 0.3) is 0 Å². The molecule has 1 aliphatic rings. The van der Waals surface area contributed by atoms with Gasteiger partial charge in [-0.25, -0.2) is 4.79 Å². The number of nitrogens with one attached hydrogen (secondary N) is 2. The third-order valence-electron chi connectivity index (χ3n) is 1.64. The molecule has 4 N–H and O–H groups in total. The fraction of sp³-hybridized carbons (Fsp3) is 0.667. The highest BCUT2D eigenvalue weighted by Crippen LogP contribution is 2.07. The van der Waals surface area contributed by atoms with E-state index in [2.05, 4.69) is 10.7 Å². The summed E-state index contributed by atoms with van der Waals surface area (Å²) in [5.41, 5.74) is 3.25. The van der Waals surface area contributed by atoms with Gasteiger partial charge >= 0.3 is 0 Å². The first-order chi connectivity index (χ1) is 4.86. The minimum atomic E-state index is 0.234. The van der Waals surface area contributed by atoms with Gasteiger partial charge in [0.1, 0.15) is 5.94 Å². The fourth-order valence-corrected chi connectivity index (χ4v) is 1.04. The maximum atomic E-state index is 10.1. The summed E-state index contributed by atoms with van der Waals surface area (Å²) >= 11 is 0. The summed E-state index contributed by atoms with van der Waals surface area (Å²) in [5, 5.41) is 2.93. The molecule has 1 unspecified atom stereocenters. The first kappa shape index (κ1) is 7.28. The molecule has 0 aromatic heterocycles. The SMILES string of the molecule is NNC1CCNC(=C=O)C1. The summed E-state index contributed by atoms with van der Waals surface area (Å²) in [5.74, 6) is 7.03. The van der Waals surface area contributed by atoms with E-state index in [4.69, 9.17) is 5.84 Å². The first-order valence-electron chi connectivity index (χ1n) is 3.31. The minimum Gasteiger partial charge on any atom is -0.379 e.